The van der Waals surface area contributed by atoms with E-state index in [9.17, 15) is 9.59 Å². The normalized spacial score (nSPS) is 11.6. The largest absolute Gasteiger partial charge is 0.497 e. The Kier molecular flexibility index (Phi) is 9.34. The molecule has 8 nitrogen and oxygen atoms in total. The van der Waals surface area contributed by atoms with E-state index in [4.69, 9.17) is 9.47 Å². The van der Waals surface area contributed by atoms with Crippen LogP contribution in [0.2, 0.25) is 0 Å². The smallest absolute Gasteiger partial charge is 0.408 e. The van der Waals surface area contributed by atoms with Crippen LogP contribution < -0.4 is 15.4 Å². The molecular formula is C30H34N4O4. The molecule has 0 bridgehead atoms. The average Bonchev–Trinajstić information content (AvgIpc) is 3.45. The van der Waals surface area contributed by atoms with Crippen LogP contribution in [0.5, 0.6) is 5.75 Å². The first-order valence-corrected chi connectivity index (χ1v) is 12.9. The first-order valence-electron chi connectivity index (χ1n) is 12.9. The van der Waals surface area contributed by atoms with E-state index in [2.05, 4.69) is 32.7 Å². The first-order chi connectivity index (χ1) is 18.6. The van der Waals surface area contributed by atoms with Crippen molar-refractivity contribution in [2.75, 3.05) is 14.2 Å². The fourth-order valence-electron chi connectivity index (χ4n) is 4.30. The first kappa shape index (κ1) is 26.7. The van der Waals surface area contributed by atoms with Gasteiger partial charge in [-0.2, -0.15) is 0 Å². The molecule has 0 aliphatic rings. The number of hydrogen-bond donors (Lipinski definition) is 3. The maximum Gasteiger partial charge on any atom is 0.408 e. The Morgan fingerprint density at radius 3 is 2.55 bits per heavy atom. The molecule has 3 N–H and O–H groups in total. The van der Waals surface area contributed by atoms with Crippen molar-refractivity contribution in [2.45, 2.75) is 44.8 Å². The van der Waals surface area contributed by atoms with Crippen molar-refractivity contribution in [1.82, 2.24) is 20.6 Å². The van der Waals surface area contributed by atoms with Crippen LogP contribution in [0.4, 0.5) is 4.79 Å². The van der Waals surface area contributed by atoms with E-state index >= 15 is 0 Å². The van der Waals surface area contributed by atoms with Gasteiger partial charge >= 0.3 is 6.09 Å². The van der Waals surface area contributed by atoms with Gasteiger partial charge in [0.2, 0.25) is 5.91 Å². The zero-order chi connectivity index (χ0) is 26.7. The van der Waals surface area contributed by atoms with Crippen LogP contribution in [-0.2, 0) is 16.1 Å². The number of hydrogen-bond acceptors (Lipinski definition) is 5. The minimum atomic E-state index is -0.498. The van der Waals surface area contributed by atoms with E-state index in [1.54, 1.807) is 20.4 Å². The predicted octanol–water partition coefficient (Wildman–Crippen LogP) is 5.90. The second kappa shape index (κ2) is 13.3. The Morgan fingerprint density at radius 2 is 1.76 bits per heavy atom. The summed E-state index contributed by atoms with van der Waals surface area (Å²) in [6.07, 6.45) is 4.93. The molecule has 8 heteroatoms. The van der Waals surface area contributed by atoms with Gasteiger partial charge in [0.1, 0.15) is 18.2 Å². The molecular weight excluding hydrogens is 480 g/mol. The summed E-state index contributed by atoms with van der Waals surface area (Å²) in [6.45, 7) is 0.191. The van der Waals surface area contributed by atoms with Crippen LogP contribution in [0.25, 0.3) is 22.0 Å². The summed E-state index contributed by atoms with van der Waals surface area (Å²) in [4.78, 5) is 32.2. The number of H-pyrrole nitrogens is 1. The van der Waals surface area contributed by atoms with Crippen molar-refractivity contribution in [2.24, 2.45) is 0 Å². The quantitative estimate of drug-likeness (QED) is 0.204. The number of nitrogens with zero attached hydrogens (tertiary/aromatic N) is 1. The lowest BCUT2D eigenvalue weighted by molar-refractivity contribution is -0.120. The maximum atomic E-state index is 12.7. The van der Waals surface area contributed by atoms with Crippen LogP contribution in [-0.4, -0.2) is 36.1 Å². The van der Waals surface area contributed by atoms with E-state index in [1.807, 2.05) is 54.6 Å². The zero-order valence-corrected chi connectivity index (χ0v) is 21.8. The van der Waals surface area contributed by atoms with Gasteiger partial charge in [0.15, 0.2) is 0 Å². The number of methoxy groups -OCH3 is 1. The highest BCUT2D eigenvalue weighted by Crippen LogP contribution is 2.28. The molecule has 0 saturated heterocycles. The molecule has 1 atom stereocenters. The van der Waals surface area contributed by atoms with Crippen LogP contribution in [0, 0.1) is 0 Å². The van der Waals surface area contributed by atoms with Gasteiger partial charge in [-0.15, -0.1) is 0 Å². The highest BCUT2D eigenvalue weighted by molar-refractivity contribution is 5.88. The molecule has 0 fully saturated rings. The molecule has 38 heavy (non-hydrogen) atoms. The Labute approximate surface area is 222 Å². The maximum absolute atomic E-state index is 12.7. The van der Waals surface area contributed by atoms with Gasteiger partial charge in [-0.1, -0.05) is 61.4 Å². The van der Waals surface area contributed by atoms with Crippen molar-refractivity contribution in [3.63, 3.8) is 0 Å². The van der Waals surface area contributed by atoms with Crippen molar-refractivity contribution in [3.05, 3.63) is 84.3 Å². The molecule has 198 valence electrons. The van der Waals surface area contributed by atoms with Crippen molar-refractivity contribution in [1.29, 1.82) is 0 Å². The summed E-state index contributed by atoms with van der Waals surface area (Å²) >= 11 is 0. The van der Waals surface area contributed by atoms with E-state index in [1.165, 1.54) is 0 Å². The van der Waals surface area contributed by atoms with Gasteiger partial charge in [0.25, 0.3) is 0 Å². The second-order valence-electron chi connectivity index (χ2n) is 9.14. The van der Waals surface area contributed by atoms with Gasteiger partial charge in [-0.3, -0.25) is 4.79 Å². The molecule has 0 spiro atoms. The molecule has 0 aliphatic heterocycles. The summed E-state index contributed by atoms with van der Waals surface area (Å²) in [5, 5.41) is 7.80. The number of benzene rings is 3. The molecule has 1 aromatic heterocycles. The zero-order valence-electron chi connectivity index (χ0n) is 21.8. The fraction of sp³-hybridized carbons (Fsp3) is 0.300. The lowest BCUT2D eigenvalue weighted by Gasteiger charge is -2.17. The van der Waals surface area contributed by atoms with E-state index < -0.39 is 6.09 Å². The molecule has 4 aromatic rings. The van der Waals surface area contributed by atoms with Crippen LogP contribution in [0.1, 0.15) is 49.5 Å². The monoisotopic (exact) mass is 514 g/mol. The van der Waals surface area contributed by atoms with Gasteiger partial charge in [-0.25, -0.2) is 9.78 Å². The lowest BCUT2D eigenvalue weighted by Crippen LogP contribution is -2.30. The van der Waals surface area contributed by atoms with Gasteiger partial charge in [-0.05, 0) is 47.4 Å². The molecule has 2 amide bonds. The van der Waals surface area contributed by atoms with Crippen LogP contribution in [0.15, 0.2) is 72.9 Å². The van der Waals surface area contributed by atoms with Crippen molar-refractivity contribution >= 4 is 22.8 Å². The van der Waals surface area contributed by atoms with Gasteiger partial charge in [0, 0.05) is 19.0 Å². The number of carbonyl (C=O) groups is 2. The number of imidazole rings is 1. The number of alkyl carbamates (subject to hydrolysis) is 1. The summed E-state index contributed by atoms with van der Waals surface area (Å²) in [6, 6.07) is 21.4. The SMILES string of the molecule is CNC(=O)CCCCC[C@H](NC(=O)OCc1ccccc1)c1ncc(-c2ccc3cc(OC)ccc3c2)[nH]1. The number of aromatic nitrogens is 2. The fourth-order valence-corrected chi connectivity index (χ4v) is 4.30. The molecule has 3 aromatic carbocycles. The Morgan fingerprint density at radius 1 is 0.974 bits per heavy atom. The van der Waals surface area contributed by atoms with Crippen LogP contribution in [0.3, 0.4) is 0 Å². The Hall–Kier alpha value is -4.33. The number of fused-ring (bicyclic) bond motifs is 1. The molecule has 0 aliphatic carbocycles. The third kappa shape index (κ3) is 7.35. The number of aromatic amines is 1. The minimum Gasteiger partial charge on any atom is -0.497 e. The number of carbonyl (C=O) groups excluding carboxylic acids is 2. The third-order valence-electron chi connectivity index (χ3n) is 6.46. The van der Waals surface area contributed by atoms with Crippen molar-refractivity contribution < 1.29 is 19.1 Å². The number of ether oxygens (including phenoxy) is 2. The topological polar surface area (TPSA) is 105 Å². The number of rotatable bonds is 12. The Bertz CT molecular complexity index is 1350. The van der Waals surface area contributed by atoms with E-state index in [0.717, 1.165) is 52.6 Å². The van der Waals surface area contributed by atoms with E-state index in [0.29, 0.717) is 18.7 Å². The number of amides is 2. The van der Waals surface area contributed by atoms with Gasteiger partial charge in [0.05, 0.1) is 25.0 Å². The highest BCUT2D eigenvalue weighted by Gasteiger charge is 2.19. The minimum absolute atomic E-state index is 0.0358. The lowest BCUT2D eigenvalue weighted by atomic mass is 10.0. The van der Waals surface area contributed by atoms with Crippen molar-refractivity contribution in [3.8, 4) is 17.0 Å². The Balaban J connectivity index is 1.45. The molecule has 4 rings (SSSR count). The number of unbranched alkanes of at least 4 members (excludes halogenated alkanes) is 2. The third-order valence-corrected chi connectivity index (χ3v) is 6.46. The highest BCUT2D eigenvalue weighted by atomic mass is 16.5. The second-order valence-corrected chi connectivity index (χ2v) is 9.14. The number of nitrogens with one attached hydrogen (secondary N) is 3. The summed E-state index contributed by atoms with van der Waals surface area (Å²) < 4.78 is 10.8. The summed E-state index contributed by atoms with van der Waals surface area (Å²) in [5.41, 5.74) is 2.78. The van der Waals surface area contributed by atoms with E-state index in [-0.39, 0.29) is 18.6 Å². The molecule has 0 radical (unpaired) electrons. The van der Waals surface area contributed by atoms with Gasteiger partial charge < -0.3 is 25.1 Å². The molecule has 0 unspecified atom stereocenters. The molecule has 0 saturated carbocycles. The predicted molar refractivity (Wildman–Crippen MR) is 148 cm³/mol. The average molecular weight is 515 g/mol. The standard InChI is InChI=1S/C30H34N4O4/c1-31-28(35)12-8-4-7-11-26(34-30(36)38-20-21-9-5-3-6-10-21)29-32-19-27(33-29)24-14-13-23-18-25(37-2)16-15-22(23)17-24/h3,5-6,9-10,13-19,26H,4,7-8,11-12,20H2,1-2H3,(H,31,35)(H,32,33)(H,34,36)/t26-/m0/s1. The molecule has 1 heterocycles. The summed E-state index contributed by atoms with van der Waals surface area (Å²) in [7, 11) is 3.30. The summed E-state index contributed by atoms with van der Waals surface area (Å²) in [5.74, 6) is 1.52. The van der Waals surface area contributed by atoms with Crippen LogP contribution >= 0.6 is 0 Å².